The highest BCUT2D eigenvalue weighted by atomic mass is 35.5. The third kappa shape index (κ3) is 6.18. The minimum atomic E-state index is -0.420. The number of hydrogen-bond acceptors (Lipinski definition) is 8. The fourth-order valence-electron chi connectivity index (χ4n) is 2.20. The highest BCUT2D eigenvalue weighted by Crippen LogP contribution is 2.28. The molecular weight excluding hydrogens is 434 g/mol. The minimum absolute atomic E-state index is 0.116. The van der Waals surface area contributed by atoms with Crippen LogP contribution in [-0.4, -0.2) is 34.9 Å². The van der Waals surface area contributed by atoms with E-state index in [1.165, 1.54) is 24.9 Å². The van der Waals surface area contributed by atoms with Crippen LogP contribution >= 0.6 is 34.7 Å². The van der Waals surface area contributed by atoms with Gasteiger partial charge in [0.05, 0.1) is 18.4 Å². The monoisotopic (exact) mass is 449 g/mol. The molecule has 150 valence electrons. The Balaban J connectivity index is 1.68. The number of halogens is 1. The molecule has 29 heavy (non-hydrogen) atoms. The van der Waals surface area contributed by atoms with Gasteiger partial charge in [-0.05, 0) is 23.8 Å². The molecule has 3 rings (SSSR count). The minimum Gasteiger partial charge on any atom is -0.488 e. The van der Waals surface area contributed by atoms with Gasteiger partial charge in [-0.1, -0.05) is 65.0 Å². The van der Waals surface area contributed by atoms with Crippen molar-refractivity contribution < 1.29 is 19.1 Å². The van der Waals surface area contributed by atoms with Crippen molar-refractivity contribution in [2.45, 2.75) is 10.9 Å². The number of rotatable bonds is 8. The molecule has 1 N–H and O–H groups in total. The molecule has 1 aromatic heterocycles. The Morgan fingerprint density at radius 1 is 1.17 bits per heavy atom. The second-order valence-corrected chi connectivity index (χ2v) is 8.24. The molecule has 7 nitrogen and oxygen atoms in total. The van der Waals surface area contributed by atoms with E-state index < -0.39 is 5.91 Å². The van der Waals surface area contributed by atoms with Gasteiger partial charge in [0.2, 0.25) is 5.13 Å². The van der Waals surface area contributed by atoms with Crippen molar-refractivity contribution >= 4 is 51.7 Å². The topological polar surface area (TPSA) is 90.4 Å². The van der Waals surface area contributed by atoms with Crippen LogP contribution in [0.4, 0.5) is 5.13 Å². The lowest BCUT2D eigenvalue weighted by atomic mass is 10.2. The molecule has 10 heteroatoms. The van der Waals surface area contributed by atoms with Gasteiger partial charge in [0.15, 0.2) is 4.34 Å². The van der Waals surface area contributed by atoms with Crippen LogP contribution in [0.15, 0.2) is 52.9 Å². The Labute approximate surface area is 180 Å². The summed E-state index contributed by atoms with van der Waals surface area (Å²) in [6.45, 7) is 0.315. The van der Waals surface area contributed by atoms with E-state index in [-0.39, 0.29) is 17.3 Å². The second-order valence-electron chi connectivity index (χ2n) is 5.61. The third-order valence-electron chi connectivity index (χ3n) is 3.59. The number of hydrogen-bond donors (Lipinski definition) is 1. The molecule has 0 radical (unpaired) electrons. The Hall–Kier alpha value is -2.62. The fourth-order valence-corrected chi connectivity index (χ4v) is 3.96. The van der Waals surface area contributed by atoms with E-state index in [2.05, 4.69) is 20.3 Å². The van der Waals surface area contributed by atoms with Gasteiger partial charge < -0.3 is 9.47 Å². The van der Waals surface area contributed by atoms with Crippen LogP contribution in [-0.2, 0) is 16.1 Å². The highest BCUT2D eigenvalue weighted by Gasteiger charge is 2.17. The largest absolute Gasteiger partial charge is 0.488 e. The van der Waals surface area contributed by atoms with E-state index in [0.29, 0.717) is 26.9 Å². The third-order valence-corrected chi connectivity index (χ3v) is 5.77. The zero-order chi connectivity index (χ0) is 20.6. The van der Waals surface area contributed by atoms with Gasteiger partial charge in [-0.15, -0.1) is 10.2 Å². The molecule has 0 unspecified atom stereocenters. The molecule has 0 aliphatic heterocycles. The summed E-state index contributed by atoms with van der Waals surface area (Å²) in [5, 5.41) is 11.3. The number of amides is 1. The molecule has 0 fully saturated rings. The number of nitrogens with zero attached hydrogens (tertiary/aromatic N) is 2. The van der Waals surface area contributed by atoms with Crippen molar-refractivity contribution in [2.24, 2.45) is 0 Å². The number of esters is 1. The first kappa shape index (κ1) is 21.1. The zero-order valence-electron chi connectivity index (χ0n) is 15.3. The molecule has 0 saturated heterocycles. The van der Waals surface area contributed by atoms with Gasteiger partial charge in [0.1, 0.15) is 12.4 Å². The van der Waals surface area contributed by atoms with Crippen molar-refractivity contribution in [2.75, 3.05) is 18.2 Å². The van der Waals surface area contributed by atoms with E-state index in [1.807, 2.05) is 30.3 Å². The second kappa shape index (κ2) is 10.2. The summed E-state index contributed by atoms with van der Waals surface area (Å²) in [7, 11) is 1.32. The van der Waals surface area contributed by atoms with Crippen molar-refractivity contribution in [3.8, 4) is 5.75 Å². The first-order chi connectivity index (χ1) is 14.0. The number of ether oxygens (including phenoxy) is 2. The average Bonchev–Trinajstić information content (AvgIpc) is 3.19. The summed E-state index contributed by atoms with van der Waals surface area (Å²) in [6.07, 6.45) is 0. The molecular formula is C19H16ClN3O4S2. The van der Waals surface area contributed by atoms with Gasteiger partial charge in [0, 0.05) is 5.02 Å². The molecule has 3 aromatic rings. The van der Waals surface area contributed by atoms with Crippen LogP contribution in [0.1, 0.15) is 15.9 Å². The Bertz CT molecular complexity index is 998. The average molecular weight is 450 g/mol. The maximum atomic E-state index is 12.7. The van der Waals surface area contributed by atoms with Crippen LogP contribution in [0.3, 0.4) is 0 Å². The number of nitrogens with one attached hydrogen (secondary N) is 1. The lowest BCUT2D eigenvalue weighted by Gasteiger charge is -2.11. The van der Waals surface area contributed by atoms with Crippen LogP contribution in [0.5, 0.6) is 5.75 Å². The molecule has 1 heterocycles. The predicted octanol–water partition coefficient (Wildman–Crippen LogP) is 4.29. The number of benzene rings is 2. The van der Waals surface area contributed by atoms with E-state index in [1.54, 1.807) is 12.1 Å². The molecule has 0 spiro atoms. The standard InChI is InChI=1S/C19H16ClN3O4S2/c1-26-16(24)11-28-19-23-22-18(29-19)21-17(25)14-9-13(20)7-8-15(14)27-10-12-5-3-2-4-6-12/h2-9H,10-11H2,1H3,(H,21,22,25). The lowest BCUT2D eigenvalue weighted by molar-refractivity contribution is -0.137. The maximum Gasteiger partial charge on any atom is 0.316 e. The smallest absolute Gasteiger partial charge is 0.316 e. The predicted molar refractivity (Wildman–Crippen MR) is 113 cm³/mol. The van der Waals surface area contributed by atoms with Crippen LogP contribution in [0.25, 0.3) is 0 Å². The van der Waals surface area contributed by atoms with Crippen LogP contribution in [0.2, 0.25) is 5.02 Å². The van der Waals surface area contributed by atoms with E-state index in [9.17, 15) is 9.59 Å². The normalized spacial score (nSPS) is 10.4. The van der Waals surface area contributed by atoms with E-state index in [4.69, 9.17) is 16.3 Å². The summed E-state index contributed by atoms with van der Waals surface area (Å²) >= 11 is 8.40. The van der Waals surface area contributed by atoms with E-state index in [0.717, 1.165) is 16.9 Å². The summed E-state index contributed by atoms with van der Waals surface area (Å²) in [5.74, 6) is -0.267. The van der Waals surface area contributed by atoms with Gasteiger partial charge >= 0.3 is 5.97 Å². The van der Waals surface area contributed by atoms with Gasteiger partial charge in [-0.25, -0.2) is 0 Å². The van der Waals surface area contributed by atoms with Crippen molar-refractivity contribution in [3.63, 3.8) is 0 Å². The molecule has 1 amide bonds. The molecule has 2 aromatic carbocycles. The number of methoxy groups -OCH3 is 1. The summed E-state index contributed by atoms with van der Waals surface area (Å²) in [6, 6.07) is 14.5. The van der Waals surface area contributed by atoms with E-state index >= 15 is 0 Å². The van der Waals surface area contributed by atoms with Gasteiger partial charge in [0.25, 0.3) is 5.91 Å². The summed E-state index contributed by atoms with van der Waals surface area (Å²) in [4.78, 5) is 23.9. The fraction of sp³-hybridized carbons (Fsp3) is 0.158. The van der Waals surface area contributed by atoms with Crippen LogP contribution in [0, 0.1) is 0 Å². The molecule has 0 bridgehead atoms. The van der Waals surface area contributed by atoms with Crippen LogP contribution < -0.4 is 10.1 Å². The number of carbonyl (C=O) groups excluding carboxylic acids is 2. The highest BCUT2D eigenvalue weighted by molar-refractivity contribution is 8.01. The lowest BCUT2D eigenvalue weighted by Crippen LogP contribution is -2.13. The quantitative estimate of drug-likeness (QED) is 0.311. The number of aromatic nitrogens is 2. The van der Waals surface area contributed by atoms with Crippen molar-refractivity contribution in [3.05, 3.63) is 64.7 Å². The molecule has 0 aliphatic rings. The Morgan fingerprint density at radius 2 is 1.97 bits per heavy atom. The maximum absolute atomic E-state index is 12.7. The Kier molecular flexibility index (Phi) is 7.45. The summed E-state index contributed by atoms with van der Waals surface area (Å²) in [5.41, 5.74) is 1.26. The SMILES string of the molecule is COC(=O)CSc1nnc(NC(=O)c2cc(Cl)ccc2OCc2ccccc2)s1. The van der Waals surface area contributed by atoms with Gasteiger partial charge in [-0.3, -0.25) is 14.9 Å². The molecule has 0 aliphatic carbocycles. The summed E-state index contributed by atoms with van der Waals surface area (Å²) < 4.78 is 10.9. The molecule has 0 saturated carbocycles. The van der Waals surface area contributed by atoms with Gasteiger partial charge in [-0.2, -0.15) is 0 Å². The zero-order valence-corrected chi connectivity index (χ0v) is 17.6. The number of anilines is 1. The first-order valence-corrected chi connectivity index (χ1v) is 10.5. The number of thioether (sulfide) groups is 1. The Morgan fingerprint density at radius 3 is 2.72 bits per heavy atom. The van der Waals surface area contributed by atoms with Crippen molar-refractivity contribution in [1.29, 1.82) is 0 Å². The van der Waals surface area contributed by atoms with Crippen molar-refractivity contribution in [1.82, 2.24) is 10.2 Å². The number of carbonyl (C=O) groups is 2. The first-order valence-electron chi connectivity index (χ1n) is 8.36. The molecule has 0 atom stereocenters.